The summed E-state index contributed by atoms with van der Waals surface area (Å²) in [7, 11) is 0. The van der Waals surface area contributed by atoms with Crippen LogP contribution in [0.25, 0.3) is 10.6 Å². The van der Waals surface area contributed by atoms with Gasteiger partial charge in [0.25, 0.3) is 0 Å². The molecule has 2 amide bonds. The van der Waals surface area contributed by atoms with Gasteiger partial charge in [-0.05, 0) is 57.0 Å². The Kier molecular flexibility index (Phi) is 6.24. The van der Waals surface area contributed by atoms with Crippen LogP contribution in [0.1, 0.15) is 36.4 Å². The number of carbonyl (C=O) groups excluding carboxylic acids is 2. The molecule has 1 aromatic carbocycles. The van der Waals surface area contributed by atoms with Crippen LogP contribution < -0.4 is 5.32 Å². The fourth-order valence-electron chi connectivity index (χ4n) is 3.41. The van der Waals surface area contributed by atoms with Gasteiger partial charge in [-0.15, -0.1) is 11.3 Å². The maximum Gasteiger partial charge on any atom is 0.245 e. The van der Waals surface area contributed by atoms with Crippen molar-refractivity contribution in [2.24, 2.45) is 5.92 Å². The summed E-state index contributed by atoms with van der Waals surface area (Å²) in [4.78, 5) is 31.6. The minimum atomic E-state index is -0.279. The molecule has 1 N–H and O–H groups in total. The van der Waals surface area contributed by atoms with E-state index in [1.54, 1.807) is 17.0 Å². The number of hydrogen-bond acceptors (Lipinski definition) is 4. The highest BCUT2D eigenvalue weighted by molar-refractivity contribution is 7.15. The molecule has 0 saturated carbocycles. The first-order valence-corrected chi connectivity index (χ1v) is 10.2. The average Bonchev–Trinajstić information content (AvgIpc) is 3.09. The molecule has 148 valence electrons. The van der Waals surface area contributed by atoms with Crippen molar-refractivity contribution in [3.05, 3.63) is 53.3 Å². The largest absolute Gasteiger partial charge is 0.348 e. The lowest BCUT2D eigenvalue weighted by molar-refractivity contribution is -0.132. The summed E-state index contributed by atoms with van der Waals surface area (Å²) in [5, 5.41) is 3.90. The van der Waals surface area contributed by atoms with Crippen LogP contribution in [0, 0.1) is 18.7 Å². The third kappa shape index (κ3) is 4.47. The van der Waals surface area contributed by atoms with Crippen LogP contribution in [-0.2, 0) is 9.59 Å². The zero-order chi connectivity index (χ0) is 20.3. The number of aromatic nitrogens is 1. The molecule has 1 unspecified atom stereocenters. The van der Waals surface area contributed by atoms with Gasteiger partial charge in [0.15, 0.2) is 0 Å². The fourth-order valence-corrected chi connectivity index (χ4v) is 4.49. The van der Waals surface area contributed by atoms with E-state index in [9.17, 15) is 14.0 Å². The Hall–Kier alpha value is -2.54. The van der Waals surface area contributed by atoms with Gasteiger partial charge in [0.2, 0.25) is 11.8 Å². The monoisotopic (exact) mass is 401 g/mol. The number of rotatable bonds is 5. The molecule has 0 radical (unpaired) electrons. The summed E-state index contributed by atoms with van der Waals surface area (Å²) < 4.78 is 13.1. The van der Waals surface area contributed by atoms with Gasteiger partial charge in [0, 0.05) is 24.6 Å². The molecule has 0 aliphatic carbocycles. The number of carbonyl (C=O) groups is 2. The number of benzene rings is 1. The molecule has 1 aliphatic heterocycles. The van der Waals surface area contributed by atoms with Gasteiger partial charge in [-0.2, -0.15) is 0 Å². The summed E-state index contributed by atoms with van der Waals surface area (Å²) in [5.41, 5.74) is 1.72. The minimum absolute atomic E-state index is 0.00864. The SMILES string of the molecule is C=CC(=O)N1CCC(C(=O)NC(C)c2sc(-c3ccc(F)cc3)nc2C)CC1. The number of thiazole rings is 1. The second kappa shape index (κ2) is 8.65. The maximum atomic E-state index is 13.1. The molecule has 1 aromatic heterocycles. The molecule has 1 aliphatic rings. The zero-order valence-corrected chi connectivity index (χ0v) is 16.9. The lowest BCUT2D eigenvalue weighted by Crippen LogP contribution is -2.42. The van der Waals surface area contributed by atoms with E-state index < -0.39 is 0 Å². The quantitative estimate of drug-likeness (QED) is 0.774. The smallest absolute Gasteiger partial charge is 0.245 e. The topological polar surface area (TPSA) is 62.3 Å². The van der Waals surface area contributed by atoms with E-state index in [2.05, 4.69) is 16.9 Å². The van der Waals surface area contributed by atoms with Crippen LogP contribution in [-0.4, -0.2) is 34.8 Å². The Bertz CT molecular complexity index is 870. The van der Waals surface area contributed by atoms with Crippen molar-refractivity contribution < 1.29 is 14.0 Å². The molecule has 1 fully saturated rings. The van der Waals surface area contributed by atoms with Crippen molar-refractivity contribution in [2.75, 3.05) is 13.1 Å². The normalized spacial score (nSPS) is 15.9. The second-order valence-electron chi connectivity index (χ2n) is 7.01. The summed E-state index contributed by atoms with van der Waals surface area (Å²) in [6.45, 7) is 8.52. The Balaban J connectivity index is 1.62. The average molecular weight is 402 g/mol. The number of amides is 2. The Morgan fingerprint density at radius 1 is 1.32 bits per heavy atom. The molecule has 2 heterocycles. The lowest BCUT2D eigenvalue weighted by atomic mass is 9.95. The molecule has 3 rings (SSSR count). The predicted octanol–water partition coefficient (Wildman–Crippen LogP) is 3.86. The molecule has 1 atom stereocenters. The van der Waals surface area contributed by atoms with Crippen LogP contribution in [0.5, 0.6) is 0 Å². The molecule has 28 heavy (non-hydrogen) atoms. The fraction of sp³-hybridized carbons (Fsp3) is 0.381. The Morgan fingerprint density at radius 2 is 1.96 bits per heavy atom. The molecule has 0 spiro atoms. The number of hydrogen-bond donors (Lipinski definition) is 1. The van der Waals surface area contributed by atoms with E-state index in [1.165, 1.54) is 29.5 Å². The first-order chi connectivity index (χ1) is 13.4. The Labute approximate surface area is 168 Å². The Morgan fingerprint density at radius 3 is 2.57 bits per heavy atom. The summed E-state index contributed by atoms with van der Waals surface area (Å²) in [6, 6.07) is 6.09. The summed E-state index contributed by atoms with van der Waals surface area (Å²) >= 11 is 1.51. The van der Waals surface area contributed by atoms with Crippen molar-refractivity contribution in [3.8, 4) is 10.6 Å². The van der Waals surface area contributed by atoms with Crippen molar-refractivity contribution in [1.29, 1.82) is 0 Å². The van der Waals surface area contributed by atoms with E-state index in [4.69, 9.17) is 0 Å². The van der Waals surface area contributed by atoms with Gasteiger partial charge >= 0.3 is 0 Å². The number of piperidine rings is 1. The van der Waals surface area contributed by atoms with Gasteiger partial charge in [-0.25, -0.2) is 9.37 Å². The van der Waals surface area contributed by atoms with Crippen LogP contribution >= 0.6 is 11.3 Å². The highest BCUT2D eigenvalue weighted by Gasteiger charge is 2.28. The lowest BCUT2D eigenvalue weighted by Gasteiger charge is -2.31. The van der Waals surface area contributed by atoms with E-state index in [0.29, 0.717) is 25.9 Å². The molecular weight excluding hydrogens is 377 g/mol. The predicted molar refractivity (Wildman–Crippen MR) is 108 cm³/mol. The van der Waals surface area contributed by atoms with Crippen LogP contribution in [0.15, 0.2) is 36.9 Å². The number of nitrogens with one attached hydrogen (secondary N) is 1. The van der Waals surface area contributed by atoms with Crippen molar-refractivity contribution in [3.63, 3.8) is 0 Å². The van der Waals surface area contributed by atoms with Gasteiger partial charge in [-0.3, -0.25) is 9.59 Å². The number of halogens is 1. The van der Waals surface area contributed by atoms with E-state index in [-0.39, 0.29) is 29.6 Å². The molecule has 5 nitrogen and oxygen atoms in total. The van der Waals surface area contributed by atoms with Crippen LogP contribution in [0.3, 0.4) is 0 Å². The highest BCUT2D eigenvalue weighted by Crippen LogP contribution is 2.32. The van der Waals surface area contributed by atoms with Crippen LogP contribution in [0.2, 0.25) is 0 Å². The second-order valence-corrected chi connectivity index (χ2v) is 8.04. The third-order valence-electron chi connectivity index (χ3n) is 5.03. The summed E-state index contributed by atoms with van der Waals surface area (Å²) in [6.07, 6.45) is 2.62. The first kappa shape index (κ1) is 20.2. The van der Waals surface area contributed by atoms with Crippen molar-refractivity contribution >= 4 is 23.2 Å². The van der Waals surface area contributed by atoms with E-state index in [0.717, 1.165) is 21.1 Å². The van der Waals surface area contributed by atoms with Crippen LogP contribution in [0.4, 0.5) is 4.39 Å². The van der Waals surface area contributed by atoms with Crippen molar-refractivity contribution in [1.82, 2.24) is 15.2 Å². The van der Waals surface area contributed by atoms with Gasteiger partial charge in [0.05, 0.1) is 16.6 Å². The highest BCUT2D eigenvalue weighted by atomic mass is 32.1. The van der Waals surface area contributed by atoms with E-state index in [1.807, 2.05) is 13.8 Å². The number of nitrogens with zero attached hydrogens (tertiary/aromatic N) is 2. The zero-order valence-electron chi connectivity index (χ0n) is 16.1. The molecular formula is C21H24FN3O2S. The number of likely N-dealkylation sites (tertiary alicyclic amines) is 1. The standard InChI is InChI=1S/C21H24FN3O2S/c1-4-18(26)25-11-9-15(10-12-25)20(27)23-13(2)19-14(3)24-21(28-19)16-5-7-17(22)8-6-16/h4-8,13,15H,1,9-12H2,2-3H3,(H,23,27). The number of aryl methyl sites for hydroxylation is 1. The molecule has 7 heteroatoms. The van der Waals surface area contributed by atoms with Gasteiger partial charge in [-0.1, -0.05) is 6.58 Å². The minimum Gasteiger partial charge on any atom is -0.348 e. The maximum absolute atomic E-state index is 13.1. The summed E-state index contributed by atoms with van der Waals surface area (Å²) in [5.74, 6) is -0.449. The molecule has 1 saturated heterocycles. The van der Waals surface area contributed by atoms with Gasteiger partial charge in [0.1, 0.15) is 10.8 Å². The van der Waals surface area contributed by atoms with Crippen molar-refractivity contribution in [2.45, 2.75) is 32.7 Å². The van der Waals surface area contributed by atoms with Gasteiger partial charge < -0.3 is 10.2 Å². The third-order valence-corrected chi connectivity index (χ3v) is 6.42. The molecule has 2 aromatic rings. The van der Waals surface area contributed by atoms with E-state index >= 15 is 0 Å². The molecule has 0 bridgehead atoms. The first-order valence-electron chi connectivity index (χ1n) is 9.34.